The van der Waals surface area contributed by atoms with Crippen LogP contribution in [0.3, 0.4) is 0 Å². The molecule has 0 saturated carbocycles. The van der Waals surface area contributed by atoms with E-state index in [2.05, 4.69) is 17.0 Å². The zero-order valence-corrected chi connectivity index (χ0v) is 6.13. The summed E-state index contributed by atoms with van der Waals surface area (Å²) in [5, 5.41) is 3.59. The summed E-state index contributed by atoms with van der Waals surface area (Å²) in [6.45, 7) is 2.72. The van der Waals surface area contributed by atoms with E-state index in [0.717, 1.165) is 6.42 Å². The normalized spacial score (nSPS) is 9.00. The van der Waals surface area contributed by atoms with Crippen molar-refractivity contribution in [2.24, 2.45) is 10.9 Å². The summed E-state index contributed by atoms with van der Waals surface area (Å²) in [4.78, 5) is 4.72. The SMILES string of the molecule is CC#CCO/N=C/CCN. The van der Waals surface area contributed by atoms with Crippen molar-refractivity contribution in [2.45, 2.75) is 13.3 Å². The second-order valence-electron chi connectivity index (χ2n) is 1.57. The number of hydrogen-bond acceptors (Lipinski definition) is 3. The van der Waals surface area contributed by atoms with Crippen LogP contribution in [0.2, 0.25) is 0 Å². The Bertz CT molecular complexity index is 143. The van der Waals surface area contributed by atoms with Crippen molar-refractivity contribution in [3.05, 3.63) is 0 Å². The summed E-state index contributed by atoms with van der Waals surface area (Å²) in [6.07, 6.45) is 2.39. The highest BCUT2D eigenvalue weighted by atomic mass is 16.6. The van der Waals surface area contributed by atoms with Crippen LogP contribution >= 0.6 is 0 Å². The summed E-state index contributed by atoms with van der Waals surface area (Å²) in [7, 11) is 0. The molecule has 0 aliphatic heterocycles. The molecule has 0 aromatic rings. The van der Waals surface area contributed by atoms with Gasteiger partial charge in [0.2, 0.25) is 0 Å². The average molecular weight is 140 g/mol. The lowest BCUT2D eigenvalue weighted by Crippen LogP contribution is -1.98. The van der Waals surface area contributed by atoms with Crippen LogP contribution in [0.15, 0.2) is 5.16 Å². The predicted octanol–water partition coefficient (Wildman–Crippen LogP) is 0.361. The van der Waals surface area contributed by atoms with Gasteiger partial charge in [-0.15, -0.1) is 5.92 Å². The zero-order chi connectivity index (χ0) is 7.66. The van der Waals surface area contributed by atoms with Gasteiger partial charge in [0.1, 0.15) is 0 Å². The quantitative estimate of drug-likeness (QED) is 0.265. The molecular formula is C7H12N2O. The third-order valence-corrected chi connectivity index (χ3v) is 0.758. The molecule has 2 N–H and O–H groups in total. The van der Waals surface area contributed by atoms with Crippen LogP contribution in [-0.4, -0.2) is 19.4 Å². The minimum Gasteiger partial charge on any atom is -0.383 e. The molecule has 0 bridgehead atoms. The second kappa shape index (κ2) is 7.99. The first-order valence-corrected chi connectivity index (χ1v) is 3.15. The lowest BCUT2D eigenvalue weighted by Gasteiger charge is -1.88. The average Bonchev–Trinajstić information content (AvgIpc) is 1.97. The first kappa shape index (κ1) is 8.99. The first-order valence-electron chi connectivity index (χ1n) is 3.15. The maximum atomic E-state index is 5.19. The lowest BCUT2D eigenvalue weighted by molar-refractivity contribution is 0.181. The van der Waals surface area contributed by atoms with Gasteiger partial charge in [-0.05, 0) is 19.9 Å². The molecule has 10 heavy (non-hydrogen) atoms. The van der Waals surface area contributed by atoms with Gasteiger partial charge in [-0.2, -0.15) is 0 Å². The lowest BCUT2D eigenvalue weighted by atomic mass is 10.5. The van der Waals surface area contributed by atoms with E-state index in [0.29, 0.717) is 13.2 Å². The van der Waals surface area contributed by atoms with Crippen molar-refractivity contribution >= 4 is 6.21 Å². The highest BCUT2D eigenvalue weighted by Gasteiger charge is 1.73. The number of hydrogen-bond donors (Lipinski definition) is 1. The Morgan fingerprint density at radius 1 is 1.70 bits per heavy atom. The van der Waals surface area contributed by atoms with Crippen molar-refractivity contribution in [1.82, 2.24) is 0 Å². The molecule has 0 radical (unpaired) electrons. The maximum Gasteiger partial charge on any atom is 0.177 e. The van der Waals surface area contributed by atoms with Crippen LogP contribution in [0.4, 0.5) is 0 Å². The Hall–Kier alpha value is -1.01. The summed E-state index contributed by atoms with van der Waals surface area (Å²) < 4.78 is 0. The van der Waals surface area contributed by atoms with Gasteiger partial charge >= 0.3 is 0 Å². The third-order valence-electron chi connectivity index (χ3n) is 0.758. The molecule has 0 unspecified atom stereocenters. The fourth-order valence-electron chi connectivity index (χ4n) is 0.322. The molecule has 0 heterocycles. The molecule has 0 rings (SSSR count). The number of oxime groups is 1. The zero-order valence-electron chi connectivity index (χ0n) is 6.13. The third kappa shape index (κ3) is 6.99. The fraction of sp³-hybridized carbons (Fsp3) is 0.571. The molecule has 3 nitrogen and oxygen atoms in total. The number of nitrogens with two attached hydrogens (primary N) is 1. The predicted molar refractivity (Wildman–Crippen MR) is 41.6 cm³/mol. The van der Waals surface area contributed by atoms with E-state index in [1.165, 1.54) is 0 Å². The molecule has 0 saturated heterocycles. The molecule has 0 spiro atoms. The molecule has 3 heteroatoms. The van der Waals surface area contributed by atoms with Crippen molar-refractivity contribution < 1.29 is 4.84 Å². The van der Waals surface area contributed by atoms with Crippen LogP contribution in [0.25, 0.3) is 0 Å². The van der Waals surface area contributed by atoms with E-state index in [9.17, 15) is 0 Å². The van der Waals surface area contributed by atoms with E-state index in [1.807, 2.05) is 0 Å². The van der Waals surface area contributed by atoms with Gasteiger partial charge in [0.15, 0.2) is 6.61 Å². The van der Waals surface area contributed by atoms with Crippen LogP contribution < -0.4 is 5.73 Å². The fourth-order valence-corrected chi connectivity index (χ4v) is 0.322. The Labute approximate surface area is 61.2 Å². The van der Waals surface area contributed by atoms with Crippen molar-refractivity contribution in [3.63, 3.8) is 0 Å². The molecule has 56 valence electrons. The topological polar surface area (TPSA) is 47.6 Å². The maximum absolute atomic E-state index is 5.19. The Morgan fingerprint density at radius 3 is 3.10 bits per heavy atom. The van der Waals surface area contributed by atoms with Gasteiger partial charge in [0.05, 0.1) is 0 Å². The standard InChI is InChI=1S/C7H12N2O/c1-2-3-7-10-9-6-4-5-8/h6H,4-5,7-8H2,1H3/b9-6+. The summed E-state index contributed by atoms with van der Waals surface area (Å²) in [6, 6.07) is 0. The van der Waals surface area contributed by atoms with E-state index in [4.69, 9.17) is 10.6 Å². The van der Waals surface area contributed by atoms with Crippen LogP contribution in [0.1, 0.15) is 13.3 Å². The van der Waals surface area contributed by atoms with E-state index >= 15 is 0 Å². The molecule has 0 aliphatic carbocycles. The van der Waals surface area contributed by atoms with E-state index < -0.39 is 0 Å². The highest BCUT2D eigenvalue weighted by Crippen LogP contribution is 1.73. The monoisotopic (exact) mass is 140 g/mol. The minimum atomic E-state index is 0.359. The Balaban J connectivity index is 3.07. The minimum absolute atomic E-state index is 0.359. The largest absolute Gasteiger partial charge is 0.383 e. The molecule has 0 fully saturated rings. The van der Waals surface area contributed by atoms with Gasteiger partial charge in [0, 0.05) is 6.21 Å². The Kier molecular flexibility index (Phi) is 7.18. The summed E-state index contributed by atoms with van der Waals surface area (Å²) >= 11 is 0. The molecule has 0 amide bonds. The van der Waals surface area contributed by atoms with Gasteiger partial charge in [-0.1, -0.05) is 11.1 Å². The van der Waals surface area contributed by atoms with E-state index in [-0.39, 0.29) is 0 Å². The van der Waals surface area contributed by atoms with Crippen LogP contribution in [-0.2, 0) is 4.84 Å². The van der Waals surface area contributed by atoms with E-state index in [1.54, 1.807) is 13.1 Å². The summed E-state index contributed by atoms with van der Waals surface area (Å²) in [5.41, 5.74) is 5.19. The molecule has 0 aromatic carbocycles. The molecule has 0 aromatic heterocycles. The van der Waals surface area contributed by atoms with Crippen molar-refractivity contribution in [3.8, 4) is 11.8 Å². The van der Waals surface area contributed by atoms with Gasteiger partial charge < -0.3 is 10.6 Å². The number of rotatable bonds is 4. The molecule has 0 aliphatic rings. The van der Waals surface area contributed by atoms with Gasteiger partial charge in [-0.3, -0.25) is 0 Å². The first-order chi connectivity index (χ1) is 4.91. The molecular weight excluding hydrogens is 128 g/mol. The summed E-state index contributed by atoms with van der Waals surface area (Å²) in [5.74, 6) is 5.39. The van der Waals surface area contributed by atoms with Crippen molar-refractivity contribution in [1.29, 1.82) is 0 Å². The second-order valence-corrected chi connectivity index (χ2v) is 1.57. The highest BCUT2D eigenvalue weighted by molar-refractivity contribution is 5.56. The van der Waals surface area contributed by atoms with Crippen molar-refractivity contribution in [2.75, 3.05) is 13.2 Å². The Morgan fingerprint density at radius 2 is 2.50 bits per heavy atom. The van der Waals surface area contributed by atoms with Crippen LogP contribution in [0, 0.1) is 11.8 Å². The van der Waals surface area contributed by atoms with Crippen LogP contribution in [0.5, 0.6) is 0 Å². The smallest absolute Gasteiger partial charge is 0.177 e. The van der Waals surface area contributed by atoms with Gasteiger partial charge in [-0.25, -0.2) is 0 Å². The molecule has 0 atom stereocenters. The van der Waals surface area contributed by atoms with Gasteiger partial charge in [0.25, 0.3) is 0 Å². The number of nitrogens with zero attached hydrogens (tertiary/aromatic N) is 1.